The standard InChI is InChI=1S/C25H30N2O7/c1-6-12(2)23(24(30)31)27-22(29)11-26-21(28)8-7-16-14(4)18-9-17-13(3)15(5)33-19(17)10-20(18)34-25(16)32/h9-10,12,23H,6-8,11H2,1-5H3,(H,26,28)(H,27,29)(H,30,31)/p-1/t12-,23+/m1/s1. The highest BCUT2D eigenvalue weighted by Gasteiger charge is 2.20. The van der Waals surface area contributed by atoms with Crippen molar-refractivity contribution in [2.24, 2.45) is 5.92 Å². The zero-order valence-electron chi connectivity index (χ0n) is 20.0. The largest absolute Gasteiger partial charge is 0.548 e. The first-order chi connectivity index (χ1) is 16.0. The van der Waals surface area contributed by atoms with Crippen LogP contribution in [-0.4, -0.2) is 30.4 Å². The maximum Gasteiger partial charge on any atom is 0.339 e. The number of carboxylic acids is 1. The van der Waals surface area contributed by atoms with Crippen LogP contribution < -0.4 is 21.4 Å². The summed E-state index contributed by atoms with van der Waals surface area (Å²) in [6.45, 7) is 8.76. The minimum atomic E-state index is -1.37. The van der Waals surface area contributed by atoms with E-state index in [0.29, 0.717) is 23.2 Å². The summed E-state index contributed by atoms with van der Waals surface area (Å²) >= 11 is 0. The molecule has 0 saturated carbocycles. The van der Waals surface area contributed by atoms with Crippen LogP contribution in [0, 0.1) is 26.7 Å². The molecule has 0 spiro atoms. The van der Waals surface area contributed by atoms with E-state index in [1.54, 1.807) is 19.9 Å². The molecule has 1 aromatic carbocycles. The summed E-state index contributed by atoms with van der Waals surface area (Å²) < 4.78 is 11.2. The molecule has 3 rings (SSSR count). The number of rotatable bonds is 9. The van der Waals surface area contributed by atoms with E-state index in [-0.39, 0.29) is 25.3 Å². The minimum absolute atomic E-state index is 0.0360. The lowest BCUT2D eigenvalue weighted by Gasteiger charge is -2.25. The predicted molar refractivity (Wildman–Crippen MR) is 124 cm³/mol. The van der Waals surface area contributed by atoms with Gasteiger partial charge in [0.15, 0.2) is 0 Å². The van der Waals surface area contributed by atoms with Crippen molar-refractivity contribution >= 4 is 39.7 Å². The molecule has 0 unspecified atom stereocenters. The molecule has 9 nitrogen and oxygen atoms in total. The second kappa shape index (κ2) is 10.1. The summed E-state index contributed by atoms with van der Waals surface area (Å²) in [7, 11) is 0. The molecule has 34 heavy (non-hydrogen) atoms. The van der Waals surface area contributed by atoms with Gasteiger partial charge in [-0.1, -0.05) is 20.3 Å². The number of hydrogen-bond acceptors (Lipinski definition) is 7. The molecular weight excluding hydrogens is 440 g/mol. The number of carboxylic acid groups (broad SMARTS) is 1. The van der Waals surface area contributed by atoms with Crippen molar-refractivity contribution in [3.8, 4) is 0 Å². The summed E-state index contributed by atoms with van der Waals surface area (Å²) in [5.41, 5.74) is 2.65. The van der Waals surface area contributed by atoms with Gasteiger partial charge in [0.25, 0.3) is 0 Å². The topological polar surface area (TPSA) is 142 Å². The smallest absolute Gasteiger partial charge is 0.339 e. The number of carbonyl (C=O) groups excluding carboxylic acids is 3. The monoisotopic (exact) mass is 469 g/mol. The predicted octanol–water partition coefficient (Wildman–Crippen LogP) is 1.79. The number of benzene rings is 1. The highest BCUT2D eigenvalue weighted by molar-refractivity contribution is 5.96. The van der Waals surface area contributed by atoms with E-state index in [2.05, 4.69) is 10.6 Å². The molecular formula is C25H29N2O7-. The van der Waals surface area contributed by atoms with Crippen LogP contribution in [0.3, 0.4) is 0 Å². The van der Waals surface area contributed by atoms with Gasteiger partial charge in [-0.2, -0.15) is 0 Å². The Balaban J connectivity index is 1.67. The van der Waals surface area contributed by atoms with E-state index in [1.165, 1.54) is 0 Å². The fraction of sp³-hybridized carbons (Fsp3) is 0.440. The third-order valence-electron chi connectivity index (χ3n) is 6.41. The molecule has 0 saturated heterocycles. The van der Waals surface area contributed by atoms with Gasteiger partial charge in [0.1, 0.15) is 16.9 Å². The number of aliphatic carboxylic acids is 1. The number of furan rings is 1. The second-order valence-corrected chi connectivity index (χ2v) is 8.65. The van der Waals surface area contributed by atoms with Crippen molar-refractivity contribution in [3.05, 3.63) is 45.0 Å². The van der Waals surface area contributed by atoms with E-state index < -0.39 is 29.5 Å². The summed E-state index contributed by atoms with van der Waals surface area (Å²) in [5.74, 6) is -1.96. The maximum atomic E-state index is 12.6. The molecule has 0 fully saturated rings. The molecule has 0 aliphatic carbocycles. The normalized spacial score (nSPS) is 13.1. The van der Waals surface area contributed by atoms with Gasteiger partial charge in [0.2, 0.25) is 11.8 Å². The van der Waals surface area contributed by atoms with Gasteiger partial charge in [-0.3, -0.25) is 9.59 Å². The molecule has 9 heteroatoms. The highest BCUT2D eigenvalue weighted by Crippen LogP contribution is 2.31. The summed E-state index contributed by atoms with van der Waals surface area (Å²) in [6.07, 6.45) is 0.642. The Labute approximate surface area is 196 Å². The van der Waals surface area contributed by atoms with Crippen LogP contribution in [0.1, 0.15) is 49.1 Å². The van der Waals surface area contributed by atoms with Crippen LogP contribution in [0.5, 0.6) is 0 Å². The molecule has 2 heterocycles. The Hall–Kier alpha value is -3.62. The van der Waals surface area contributed by atoms with Crippen LogP contribution in [0.2, 0.25) is 0 Å². The molecule has 3 aromatic rings. The molecule has 2 atom stereocenters. The van der Waals surface area contributed by atoms with Crippen molar-refractivity contribution in [1.29, 1.82) is 0 Å². The van der Waals surface area contributed by atoms with Crippen molar-refractivity contribution < 1.29 is 28.3 Å². The lowest BCUT2D eigenvalue weighted by Crippen LogP contribution is -2.53. The summed E-state index contributed by atoms with van der Waals surface area (Å²) in [6, 6.07) is 2.50. The Morgan fingerprint density at radius 1 is 1.00 bits per heavy atom. The molecule has 182 valence electrons. The summed E-state index contributed by atoms with van der Waals surface area (Å²) in [4.78, 5) is 48.1. The quantitative estimate of drug-likeness (QED) is 0.455. The van der Waals surface area contributed by atoms with Crippen molar-refractivity contribution in [3.63, 3.8) is 0 Å². The zero-order valence-corrected chi connectivity index (χ0v) is 20.0. The van der Waals surface area contributed by atoms with Gasteiger partial charge in [-0.25, -0.2) is 4.79 Å². The first kappa shape index (κ1) is 25.0. The fourth-order valence-electron chi connectivity index (χ4n) is 3.91. The first-order valence-electron chi connectivity index (χ1n) is 11.3. The third kappa shape index (κ3) is 5.13. The molecule has 0 radical (unpaired) electrons. The second-order valence-electron chi connectivity index (χ2n) is 8.65. The molecule has 0 aliphatic heterocycles. The molecule has 0 bridgehead atoms. The Morgan fingerprint density at radius 3 is 2.29 bits per heavy atom. The van der Waals surface area contributed by atoms with Crippen LogP contribution in [0.25, 0.3) is 21.9 Å². The molecule has 0 aliphatic rings. The minimum Gasteiger partial charge on any atom is -0.548 e. The zero-order chi connectivity index (χ0) is 25.2. The fourth-order valence-corrected chi connectivity index (χ4v) is 3.91. The number of amides is 2. The van der Waals surface area contributed by atoms with E-state index in [4.69, 9.17) is 8.83 Å². The van der Waals surface area contributed by atoms with E-state index in [1.807, 2.05) is 26.8 Å². The van der Waals surface area contributed by atoms with Crippen LogP contribution in [-0.2, 0) is 20.8 Å². The van der Waals surface area contributed by atoms with Crippen LogP contribution >= 0.6 is 0 Å². The molecule has 2 aromatic heterocycles. The number of fused-ring (bicyclic) bond motifs is 2. The lowest BCUT2D eigenvalue weighted by molar-refractivity contribution is -0.309. The van der Waals surface area contributed by atoms with Gasteiger partial charge >= 0.3 is 5.63 Å². The Morgan fingerprint density at radius 2 is 1.65 bits per heavy atom. The number of aryl methyl sites for hydroxylation is 3. The van der Waals surface area contributed by atoms with E-state index in [9.17, 15) is 24.3 Å². The van der Waals surface area contributed by atoms with E-state index >= 15 is 0 Å². The SMILES string of the molecule is CC[C@@H](C)[C@H](NC(=O)CNC(=O)CCc1c(C)c2cc3c(C)c(C)oc3cc2oc1=O)C(=O)[O-]. The van der Waals surface area contributed by atoms with Gasteiger partial charge < -0.3 is 29.4 Å². The Bertz CT molecular complexity index is 1320. The lowest BCUT2D eigenvalue weighted by atomic mass is 9.99. The van der Waals surface area contributed by atoms with Crippen molar-refractivity contribution in [2.75, 3.05) is 6.54 Å². The number of nitrogens with one attached hydrogen (secondary N) is 2. The third-order valence-corrected chi connectivity index (χ3v) is 6.41. The van der Waals surface area contributed by atoms with Gasteiger partial charge in [-0.05, 0) is 50.3 Å². The average Bonchev–Trinajstić information content (AvgIpc) is 3.06. The Kier molecular flexibility index (Phi) is 7.44. The van der Waals surface area contributed by atoms with Gasteiger partial charge in [-0.15, -0.1) is 0 Å². The van der Waals surface area contributed by atoms with Gasteiger partial charge in [0.05, 0.1) is 18.6 Å². The van der Waals surface area contributed by atoms with E-state index in [0.717, 1.165) is 27.7 Å². The number of hydrogen-bond donors (Lipinski definition) is 2. The van der Waals surface area contributed by atoms with Crippen molar-refractivity contribution in [2.45, 2.75) is 59.9 Å². The molecule has 2 N–H and O–H groups in total. The van der Waals surface area contributed by atoms with Crippen molar-refractivity contribution in [1.82, 2.24) is 10.6 Å². The maximum absolute atomic E-state index is 12.6. The molecule has 2 amide bonds. The average molecular weight is 470 g/mol. The van der Waals surface area contributed by atoms with Crippen LogP contribution in [0.15, 0.2) is 25.8 Å². The first-order valence-corrected chi connectivity index (χ1v) is 11.3. The highest BCUT2D eigenvalue weighted by atomic mass is 16.4. The summed E-state index contributed by atoms with van der Waals surface area (Å²) in [5, 5.41) is 17.7. The number of carbonyl (C=O) groups is 3. The van der Waals surface area contributed by atoms with Gasteiger partial charge in [0, 0.05) is 28.8 Å². The van der Waals surface area contributed by atoms with Crippen LogP contribution in [0.4, 0.5) is 0 Å².